The molecule has 0 radical (unpaired) electrons. The number of methoxy groups -OCH3 is 1. The lowest BCUT2D eigenvalue weighted by Gasteiger charge is -2.43. The molecular weight excluding hydrogens is 484 g/mol. The summed E-state index contributed by atoms with van der Waals surface area (Å²) in [5.74, 6) is 0. The molecular formula is C19H34O16. The van der Waals surface area contributed by atoms with Gasteiger partial charge in [-0.05, 0) is 0 Å². The van der Waals surface area contributed by atoms with Crippen LogP contribution in [-0.2, 0) is 28.4 Å². The summed E-state index contributed by atoms with van der Waals surface area (Å²) in [5.41, 5.74) is 0. The Kier molecular flexibility index (Phi) is 10.1. The maximum atomic E-state index is 10.3. The third kappa shape index (κ3) is 6.27. The standard InChI is InChI=1S/C19H34O16/c1-30-2-5-8(20)12(24)15(27)18(34-5)32-4-7-10(22)13(25)16(28)19(35-7)31-3-6-9(21)11(23)14(26)17(29)33-6/h5-29H,2-4H2,1H3/t5?,6?,7?,8-,9-,10-,11?,12?,13?,14-,15-,16-,17+,18+,19+/m1/s1. The second kappa shape index (κ2) is 12.3. The number of hydrogen-bond donors (Lipinski definition) is 10. The summed E-state index contributed by atoms with van der Waals surface area (Å²) < 4.78 is 31.4. The van der Waals surface area contributed by atoms with Gasteiger partial charge in [0.25, 0.3) is 0 Å². The molecule has 35 heavy (non-hydrogen) atoms. The van der Waals surface area contributed by atoms with Crippen molar-refractivity contribution in [2.75, 3.05) is 26.9 Å². The summed E-state index contributed by atoms with van der Waals surface area (Å²) in [4.78, 5) is 0. The van der Waals surface area contributed by atoms with Crippen molar-refractivity contribution in [2.24, 2.45) is 0 Å². The van der Waals surface area contributed by atoms with Crippen molar-refractivity contribution in [1.82, 2.24) is 0 Å². The molecule has 3 aliphatic heterocycles. The molecule has 16 heteroatoms. The molecule has 3 saturated heterocycles. The Hall–Kier alpha value is -0.640. The summed E-state index contributed by atoms with van der Waals surface area (Å²) >= 11 is 0. The van der Waals surface area contributed by atoms with Gasteiger partial charge >= 0.3 is 0 Å². The van der Waals surface area contributed by atoms with E-state index in [2.05, 4.69) is 0 Å². The fraction of sp³-hybridized carbons (Fsp3) is 1.00. The van der Waals surface area contributed by atoms with Crippen molar-refractivity contribution in [3.8, 4) is 0 Å². The number of rotatable bonds is 8. The van der Waals surface area contributed by atoms with Gasteiger partial charge in [-0.15, -0.1) is 0 Å². The first-order chi connectivity index (χ1) is 16.5. The molecule has 16 nitrogen and oxygen atoms in total. The van der Waals surface area contributed by atoms with E-state index in [4.69, 9.17) is 28.4 Å². The van der Waals surface area contributed by atoms with Gasteiger partial charge in [0.2, 0.25) is 0 Å². The summed E-state index contributed by atoms with van der Waals surface area (Å²) in [6, 6.07) is 0. The van der Waals surface area contributed by atoms with Crippen LogP contribution in [0.5, 0.6) is 0 Å². The Balaban J connectivity index is 1.58. The minimum absolute atomic E-state index is 0.121. The predicted molar refractivity (Wildman–Crippen MR) is 106 cm³/mol. The highest BCUT2D eigenvalue weighted by Crippen LogP contribution is 2.27. The molecule has 3 fully saturated rings. The van der Waals surface area contributed by atoms with E-state index in [0.717, 1.165) is 0 Å². The van der Waals surface area contributed by atoms with Crippen LogP contribution >= 0.6 is 0 Å². The zero-order valence-corrected chi connectivity index (χ0v) is 18.7. The van der Waals surface area contributed by atoms with Gasteiger partial charge in [0, 0.05) is 7.11 Å². The third-order valence-corrected chi connectivity index (χ3v) is 6.20. The lowest BCUT2D eigenvalue weighted by molar-refractivity contribution is -0.340. The van der Waals surface area contributed by atoms with Crippen molar-refractivity contribution in [2.45, 2.75) is 92.1 Å². The Labute approximate surface area is 199 Å². The van der Waals surface area contributed by atoms with Crippen LogP contribution in [0.4, 0.5) is 0 Å². The molecule has 0 bridgehead atoms. The molecule has 6 unspecified atom stereocenters. The van der Waals surface area contributed by atoms with Gasteiger partial charge in [-0.1, -0.05) is 0 Å². The van der Waals surface area contributed by atoms with E-state index in [-0.39, 0.29) is 6.61 Å². The molecule has 0 aromatic rings. The summed E-state index contributed by atoms with van der Waals surface area (Å²) in [6.45, 7) is -1.21. The van der Waals surface area contributed by atoms with Crippen molar-refractivity contribution >= 4 is 0 Å². The molecule has 10 N–H and O–H groups in total. The van der Waals surface area contributed by atoms with E-state index in [0.29, 0.717) is 0 Å². The second-order valence-corrected chi connectivity index (χ2v) is 8.69. The number of aliphatic hydroxyl groups is 10. The Morgan fingerprint density at radius 1 is 0.457 bits per heavy atom. The fourth-order valence-electron chi connectivity index (χ4n) is 4.00. The SMILES string of the molecule is COCC1O[C@H](OCC2O[C@H](OCC3O[C@H](O)[C@H](O)C(O)[C@@H]3O)[C@H](O)C(O)[C@@H]2O)[C@H](O)C(O)[C@@H]1O. The topological polar surface area (TPSA) is 258 Å². The zero-order valence-electron chi connectivity index (χ0n) is 18.7. The first-order valence-corrected chi connectivity index (χ1v) is 11.0. The number of ether oxygens (including phenoxy) is 6. The predicted octanol–water partition coefficient (Wildman–Crippen LogP) is -6.92. The average molecular weight is 518 g/mol. The largest absolute Gasteiger partial charge is 0.387 e. The van der Waals surface area contributed by atoms with Gasteiger partial charge in [-0.3, -0.25) is 0 Å². The van der Waals surface area contributed by atoms with Crippen molar-refractivity contribution < 1.29 is 79.5 Å². The van der Waals surface area contributed by atoms with Gasteiger partial charge < -0.3 is 79.5 Å². The van der Waals surface area contributed by atoms with Gasteiger partial charge in [-0.2, -0.15) is 0 Å². The van der Waals surface area contributed by atoms with Crippen molar-refractivity contribution in [3.05, 3.63) is 0 Å². The lowest BCUT2D eigenvalue weighted by atomic mass is 9.98. The highest BCUT2D eigenvalue weighted by atomic mass is 16.7. The molecule has 0 spiro atoms. The van der Waals surface area contributed by atoms with Gasteiger partial charge in [0.05, 0.1) is 19.8 Å². The Bertz CT molecular complexity index is 656. The van der Waals surface area contributed by atoms with Crippen LogP contribution in [-0.4, -0.2) is 170 Å². The molecule has 0 saturated carbocycles. The van der Waals surface area contributed by atoms with Crippen LogP contribution in [0.25, 0.3) is 0 Å². The molecule has 15 atom stereocenters. The maximum Gasteiger partial charge on any atom is 0.186 e. The lowest BCUT2D eigenvalue weighted by Crippen LogP contribution is -2.62. The minimum Gasteiger partial charge on any atom is -0.387 e. The third-order valence-electron chi connectivity index (χ3n) is 6.20. The van der Waals surface area contributed by atoms with Crippen LogP contribution in [0, 0.1) is 0 Å². The summed E-state index contributed by atoms with van der Waals surface area (Å²) in [7, 11) is 1.34. The quantitative estimate of drug-likeness (QED) is 0.143. The van der Waals surface area contributed by atoms with Crippen molar-refractivity contribution in [1.29, 1.82) is 0 Å². The normalized spacial score (nSPS) is 51.3. The highest BCUT2D eigenvalue weighted by Gasteiger charge is 2.49. The highest BCUT2D eigenvalue weighted by molar-refractivity contribution is 4.93. The van der Waals surface area contributed by atoms with Gasteiger partial charge in [0.15, 0.2) is 18.9 Å². The first kappa shape index (κ1) is 28.9. The summed E-state index contributed by atoms with van der Waals surface area (Å²) in [5, 5.41) is 99.7. The van der Waals surface area contributed by atoms with Gasteiger partial charge in [0.1, 0.15) is 73.2 Å². The molecule has 206 valence electrons. The molecule has 3 aliphatic rings. The van der Waals surface area contributed by atoms with Gasteiger partial charge in [-0.25, -0.2) is 0 Å². The number of aliphatic hydroxyl groups excluding tert-OH is 10. The van der Waals surface area contributed by atoms with E-state index >= 15 is 0 Å². The van der Waals surface area contributed by atoms with Crippen LogP contribution in [0.15, 0.2) is 0 Å². The molecule has 0 aromatic carbocycles. The molecule has 3 heterocycles. The van der Waals surface area contributed by atoms with E-state index in [1.54, 1.807) is 0 Å². The molecule has 3 rings (SSSR count). The van der Waals surface area contributed by atoms with Crippen molar-refractivity contribution in [3.63, 3.8) is 0 Å². The Morgan fingerprint density at radius 3 is 1.26 bits per heavy atom. The molecule has 0 amide bonds. The Morgan fingerprint density at radius 2 is 0.829 bits per heavy atom. The smallest absolute Gasteiger partial charge is 0.186 e. The summed E-state index contributed by atoms with van der Waals surface area (Å²) in [6.07, 6.45) is -23.7. The molecule has 0 aliphatic carbocycles. The van der Waals surface area contributed by atoms with Crippen LogP contribution in [0.2, 0.25) is 0 Å². The van der Waals surface area contributed by atoms with E-state index in [1.165, 1.54) is 7.11 Å². The average Bonchev–Trinajstić information content (AvgIpc) is 2.84. The molecule has 0 aromatic heterocycles. The van der Waals surface area contributed by atoms with E-state index < -0.39 is 105 Å². The second-order valence-electron chi connectivity index (χ2n) is 8.69. The first-order valence-electron chi connectivity index (χ1n) is 11.0. The van der Waals surface area contributed by atoms with Crippen LogP contribution in [0.3, 0.4) is 0 Å². The van der Waals surface area contributed by atoms with E-state index in [9.17, 15) is 51.1 Å². The van der Waals surface area contributed by atoms with Crippen LogP contribution < -0.4 is 0 Å². The zero-order chi connectivity index (χ0) is 26.0. The van der Waals surface area contributed by atoms with Crippen LogP contribution in [0.1, 0.15) is 0 Å². The minimum atomic E-state index is -1.81. The fourth-order valence-corrected chi connectivity index (χ4v) is 4.00. The monoisotopic (exact) mass is 518 g/mol. The van der Waals surface area contributed by atoms with E-state index in [1.807, 2.05) is 0 Å². The number of hydrogen-bond acceptors (Lipinski definition) is 16. The maximum absolute atomic E-state index is 10.3.